The maximum atomic E-state index is 12.2. The van der Waals surface area contributed by atoms with E-state index in [1.54, 1.807) is 16.9 Å². The van der Waals surface area contributed by atoms with Gasteiger partial charge < -0.3 is 10.6 Å². The van der Waals surface area contributed by atoms with Crippen molar-refractivity contribution in [1.82, 2.24) is 15.1 Å². The van der Waals surface area contributed by atoms with E-state index in [2.05, 4.69) is 15.7 Å². The number of hydrogen-bond acceptors (Lipinski definition) is 3. The molecule has 1 saturated heterocycles. The van der Waals surface area contributed by atoms with Gasteiger partial charge in [0.25, 0.3) is 0 Å². The molecule has 0 aromatic carbocycles. The van der Waals surface area contributed by atoms with Gasteiger partial charge in [-0.2, -0.15) is 5.10 Å². The average molecular weight is 259 g/mol. The van der Waals surface area contributed by atoms with Gasteiger partial charge in [-0.15, -0.1) is 12.4 Å². The van der Waals surface area contributed by atoms with Gasteiger partial charge in [-0.05, 0) is 25.8 Å². The summed E-state index contributed by atoms with van der Waals surface area (Å²) in [6, 6.07) is 1.80. The Morgan fingerprint density at radius 2 is 2.47 bits per heavy atom. The number of nitrogens with one attached hydrogen (secondary N) is 2. The molecule has 1 fully saturated rings. The van der Waals surface area contributed by atoms with Gasteiger partial charge in [-0.3, -0.25) is 9.48 Å². The Kier molecular flexibility index (Phi) is 4.54. The first-order chi connectivity index (χ1) is 7.68. The predicted octanol–water partition coefficient (Wildman–Crippen LogP) is 1.31. The zero-order chi connectivity index (χ0) is 11.6. The monoisotopic (exact) mass is 258 g/mol. The summed E-state index contributed by atoms with van der Waals surface area (Å²) in [6.07, 6.45) is 4.47. The number of carbonyl (C=O) groups excluding carboxylic acids is 1. The molecule has 1 aromatic rings. The maximum absolute atomic E-state index is 12.2. The molecule has 2 rings (SSSR count). The smallest absolute Gasteiger partial charge is 0.245 e. The summed E-state index contributed by atoms with van der Waals surface area (Å²) in [5.74, 6) is 0.794. The van der Waals surface area contributed by atoms with Crippen molar-refractivity contribution >= 4 is 24.1 Å². The molecule has 1 aliphatic rings. The van der Waals surface area contributed by atoms with Crippen molar-refractivity contribution in [2.24, 2.45) is 7.05 Å². The van der Waals surface area contributed by atoms with E-state index in [-0.39, 0.29) is 23.9 Å². The second kappa shape index (κ2) is 5.51. The third-order valence-corrected chi connectivity index (χ3v) is 3.34. The van der Waals surface area contributed by atoms with Gasteiger partial charge in [0.2, 0.25) is 5.91 Å². The SMILES string of the molecule is CCC1(C(=O)Nc2ccnn2C)CCCN1.Cl. The summed E-state index contributed by atoms with van der Waals surface area (Å²) in [5.41, 5.74) is -0.385. The summed E-state index contributed by atoms with van der Waals surface area (Å²) >= 11 is 0. The van der Waals surface area contributed by atoms with Crippen molar-refractivity contribution in [2.45, 2.75) is 31.7 Å². The third kappa shape index (κ3) is 2.61. The number of hydrogen-bond donors (Lipinski definition) is 2. The minimum Gasteiger partial charge on any atom is -0.309 e. The number of rotatable bonds is 3. The summed E-state index contributed by atoms with van der Waals surface area (Å²) in [6.45, 7) is 2.97. The van der Waals surface area contributed by atoms with E-state index in [1.807, 2.05) is 14.0 Å². The summed E-state index contributed by atoms with van der Waals surface area (Å²) in [4.78, 5) is 12.2. The standard InChI is InChI=1S/C11H18N4O.ClH/c1-3-11(6-4-7-12-11)10(16)14-9-5-8-13-15(9)2;/h5,8,12H,3-4,6-7H2,1-2H3,(H,14,16);1H. The number of nitrogens with zero attached hydrogens (tertiary/aromatic N) is 2. The second-order valence-corrected chi connectivity index (χ2v) is 4.26. The Morgan fingerprint density at radius 3 is 2.94 bits per heavy atom. The van der Waals surface area contributed by atoms with Gasteiger partial charge in [0, 0.05) is 13.1 Å². The van der Waals surface area contributed by atoms with Crippen molar-refractivity contribution in [3.8, 4) is 0 Å². The van der Waals surface area contributed by atoms with Crippen LogP contribution in [0, 0.1) is 0 Å². The van der Waals surface area contributed by atoms with Gasteiger partial charge in [0.1, 0.15) is 5.82 Å². The lowest BCUT2D eigenvalue weighted by atomic mass is 9.93. The van der Waals surface area contributed by atoms with Gasteiger partial charge in [0.05, 0.1) is 11.7 Å². The molecule has 17 heavy (non-hydrogen) atoms. The van der Waals surface area contributed by atoms with Crippen LogP contribution in [0.15, 0.2) is 12.3 Å². The van der Waals surface area contributed by atoms with Crippen LogP contribution in [0.5, 0.6) is 0 Å². The molecule has 1 unspecified atom stereocenters. The van der Waals surface area contributed by atoms with Crippen LogP contribution in [-0.4, -0.2) is 27.8 Å². The topological polar surface area (TPSA) is 59.0 Å². The van der Waals surface area contributed by atoms with Crippen molar-refractivity contribution in [2.75, 3.05) is 11.9 Å². The first-order valence-corrected chi connectivity index (χ1v) is 5.72. The molecule has 6 heteroatoms. The maximum Gasteiger partial charge on any atom is 0.245 e. The molecule has 96 valence electrons. The lowest BCUT2D eigenvalue weighted by Gasteiger charge is -2.26. The molecular weight excluding hydrogens is 240 g/mol. The number of aromatic nitrogens is 2. The third-order valence-electron chi connectivity index (χ3n) is 3.34. The molecule has 5 nitrogen and oxygen atoms in total. The van der Waals surface area contributed by atoms with E-state index in [0.29, 0.717) is 0 Å². The Morgan fingerprint density at radius 1 is 1.71 bits per heavy atom. The summed E-state index contributed by atoms with van der Waals surface area (Å²) < 4.78 is 1.66. The van der Waals surface area contributed by atoms with E-state index in [0.717, 1.165) is 31.6 Å². The van der Waals surface area contributed by atoms with Gasteiger partial charge >= 0.3 is 0 Å². The highest BCUT2D eigenvalue weighted by molar-refractivity contribution is 5.97. The van der Waals surface area contributed by atoms with Crippen molar-refractivity contribution in [3.63, 3.8) is 0 Å². The predicted molar refractivity (Wildman–Crippen MR) is 69.3 cm³/mol. The molecule has 1 atom stereocenters. The van der Waals surface area contributed by atoms with Crippen molar-refractivity contribution in [1.29, 1.82) is 0 Å². The molecule has 0 saturated carbocycles. The molecular formula is C11H19ClN4O. The minimum absolute atomic E-state index is 0. The van der Waals surface area contributed by atoms with Crippen LogP contribution in [0.25, 0.3) is 0 Å². The number of amides is 1. The van der Waals surface area contributed by atoms with Crippen molar-refractivity contribution in [3.05, 3.63) is 12.3 Å². The van der Waals surface area contributed by atoms with E-state index < -0.39 is 0 Å². The molecule has 0 aliphatic carbocycles. The Bertz CT molecular complexity index is 385. The Labute approximate surface area is 107 Å². The largest absolute Gasteiger partial charge is 0.309 e. The second-order valence-electron chi connectivity index (χ2n) is 4.26. The van der Waals surface area contributed by atoms with Crippen LogP contribution < -0.4 is 10.6 Å². The fourth-order valence-corrected chi connectivity index (χ4v) is 2.19. The highest BCUT2D eigenvalue weighted by atomic mass is 35.5. The number of carbonyl (C=O) groups is 1. The molecule has 0 radical (unpaired) electrons. The lowest BCUT2D eigenvalue weighted by Crippen LogP contribution is -2.50. The van der Waals surface area contributed by atoms with E-state index in [1.165, 1.54) is 0 Å². The van der Waals surface area contributed by atoms with Gasteiger partial charge in [-0.1, -0.05) is 6.92 Å². The van der Waals surface area contributed by atoms with Gasteiger partial charge in [0.15, 0.2) is 0 Å². The van der Waals surface area contributed by atoms with Crippen LogP contribution >= 0.6 is 12.4 Å². The van der Waals surface area contributed by atoms with Crippen molar-refractivity contribution < 1.29 is 4.79 Å². The molecule has 2 N–H and O–H groups in total. The molecule has 1 aromatic heterocycles. The molecule has 1 amide bonds. The van der Waals surface area contributed by atoms with Crippen LogP contribution in [0.1, 0.15) is 26.2 Å². The molecule has 0 spiro atoms. The molecule has 0 bridgehead atoms. The van der Waals surface area contributed by atoms with Gasteiger partial charge in [-0.25, -0.2) is 0 Å². The number of aryl methyl sites for hydroxylation is 1. The van der Waals surface area contributed by atoms with Crippen LogP contribution in [-0.2, 0) is 11.8 Å². The molecule has 2 heterocycles. The normalized spacial score (nSPS) is 23.2. The van der Waals surface area contributed by atoms with Crippen LogP contribution in [0.4, 0.5) is 5.82 Å². The Hall–Kier alpha value is -1.07. The first-order valence-electron chi connectivity index (χ1n) is 5.72. The van der Waals surface area contributed by atoms with Crippen LogP contribution in [0.3, 0.4) is 0 Å². The minimum atomic E-state index is -0.385. The summed E-state index contributed by atoms with van der Waals surface area (Å²) in [5, 5.41) is 10.3. The first kappa shape index (κ1) is 14.0. The van der Waals surface area contributed by atoms with E-state index in [4.69, 9.17) is 0 Å². The number of halogens is 1. The molecule has 1 aliphatic heterocycles. The highest BCUT2D eigenvalue weighted by Gasteiger charge is 2.39. The van der Waals surface area contributed by atoms with E-state index in [9.17, 15) is 4.79 Å². The fourth-order valence-electron chi connectivity index (χ4n) is 2.19. The quantitative estimate of drug-likeness (QED) is 0.860. The zero-order valence-electron chi connectivity index (χ0n) is 10.2. The Balaban J connectivity index is 0.00000144. The summed E-state index contributed by atoms with van der Waals surface area (Å²) in [7, 11) is 1.82. The zero-order valence-corrected chi connectivity index (χ0v) is 11.0. The van der Waals surface area contributed by atoms with E-state index >= 15 is 0 Å². The highest BCUT2D eigenvalue weighted by Crippen LogP contribution is 2.24. The lowest BCUT2D eigenvalue weighted by molar-refractivity contribution is -0.122. The fraction of sp³-hybridized carbons (Fsp3) is 0.636. The van der Waals surface area contributed by atoms with Crippen LogP contribution in [0.2, 0.25) is 0 Å². The number of anilines is 1. The average Bonchev–Trinajstić information content (AvgIpc) is 2.89.